The molecule has 3 aromatic heterocycles. The van der Waals surface area contributed by atoms with E-state index in [0.717, 1.165) is 5.56 Å². The van der Waals surface area contributed by atoms with Gasteiger partial charge in [-0.1, -0.05) is 0 Å². The van der Waals surface area contributed by atoms with Gasteiger partial charge in [-0.3, -0.25) is 14.8 Å². The van der Waals surface area contributed by atoms with Gasteiger partial charge in [-0.25, -0.2) is 14.6 Å². The number of aliphatic imine (C=N–C) groups is 1. The zero-order valence-electron chi connectivity index (χ0n) is 22.8. The lowest BCUT2D eigenvalue weighted by Crippen LogP contribution is -2.15. The van der Waals surface area contributed by atoms with Crippen molar-refractivity contribution in [2.24, 2.45) is 4.99 Å². The van der Waals surface area contributed by atoms with Crippen LogP contribution in [0.3, 0.4) is 0 Å². The Morgan fingerprint density at radius 3 is 2.48 bits per heavy atom. The third-order valence-electron chi connectivity index (χ3n) is 5.70. The number of pyridine rings is 1. The van der Waals surface area contributed by atoms with Gasteiger partial charge in [-0.2, -0.15) is 5.10 Å². The maximum absolute atomic E-state index is 13.1. The zero-order valence-corrected chi connectivity index (χ0v) is 22.8. The number of hydrogen-bond donors (Lipinski definition) is 1. The fraction of sp³-hybridized carbons (Fsp3) is 0.214. The number of aromatic nitrogens is 5. The molecule has 1 N–H and O–H groups in total. The molecule has 0 saturated carbocycles. The van der Waals surface area contributed by atoms with Gasteiger partial charge in [0.25, 0.3) is 5.91 Å². The predicted octanol–water partition coefficient (Wildman–Crippen LogP) is 4.81. The van der Waals surface area contributed by atoms with Crippen LogP contribution in [0.4, 0.5) is 11.5 Å². The highest BCUT2D eigenvalue weighted by Crippen LogP contribution is 2.39. The molecule has 0 aliphatic heterocycles. The lowest BCUT2D eigenvalue weighted by molar-refractivity contribution is 0.101. The van der Waals surface area contributed by atoms with Gasteiger partial charge in [0.15, 0.2) is 28.8 Å². The molecule has 3 heterocycles. The van der Waals surface area contributed by atoms with Crippen molar-refractivity contribution >= 4 is 29.9 Å². The maximum atomic E-state index is 13.1. The first-order valence-electron chi connectivity index (χ1n) is 12.3. The number of carbonyl (C=O) groups is 1. The summed E-state index contributed by atoms with van der Waals surface area (Å²) in [6, 6.07) is 5.19. The van der Waals surface area contributed by atoms with Crippen LogP contribution in [0.1, 0.15) is 35.5 Å². The number of ether oxygens (including phenoxy) is 4. The second kappa shape index (κ2) is 12.5. The Kier molecular flexibility index (Phi) is 8.69. The summed E-state index contributed by atoms with van der Waals surface area (Å²) in [4.78, 5) is 29.8. The van der Waals surface area contributed by atoms with E-state index in [2.05, 4.69) is 37.1 Å². The normalized spacial score (nSPS) is 11.1. The van der Waals surface area contributed by atoms with Gasteiger partial charge in [0.05, 0.1) is 45.1 Å². The van der Waals surface area contributed by atoms with Gasteiger partial charge in [-0.15, -0.1) is 0 Å². The Balaban J connectivity index is 1.56. The van der Waals surface area contributed by atoms with Crippen molar-refractivity contribution in [3.05, 3.63) is 72.1 Å². The average molecular weight is 544 g/mol. The summed E-state index contributed by atoms with van der Waals surface area (Å²) >= 11 is 0. The summed E-state index contributed by atoms with van der Waals surface area (Å²) < 4.78 is 24.1. The van der Waals surface area contributed by atoms with Crippen molar-refractivity contribution in [1.82, 2.24) is 24.7 Å². The highest BCUT2D eigenvalue weighted by molar-refractivity contribution is 6.04. The van der Waals surface area contributed by atoms with Gasteiger partial charge >= 0.3 is 0 Å². The van der Waals surface area contributed by atoms with Crippen molar-refractivity contribution in [2.45, 2.75) is 20.8 Å². The molecule has 206 valence electrons. The molecule has 0 spiro atoms. The summed E-state index contributed by atoms with van der Waals surface area (Å²) in [5, 5.41) is 7.11. The van der Waals surface area contributed by atoms with Crippen LogP contribution < -0.4 is 24.3 Å². The van der Waals surface area contributed by atoms with E-state index in [1.807, 2.05) is 20.8 Å². The molecule has 0 saturated heterocycles. The van der Waals surface area contributed by atoms with Crippen LogP contribution in [-0.4, -0.2) is 58.2 Å². The molecular weight excluding hydrogens is 514 g/mol. The van der Waals surface area contributed by atoms with Crippen LogP contribution in [-0.2, 0) is 0 Å². The van der Waals surface area contributed by atoms with E-state index in [1.165, 1.54) is 23.3 Å². The first kappa shape index (κ1) is 27.8. The minimum Gasteiger partial charge on any atom is -0.493 e. The second-order valence-corrected chi connectivity index (χ2v) is 8.21. The van der Waals surface area contributed by atoms with Crippen molar-refractivity contribution in [2.75, 3.05) is 26.1 Å². The van der Waals surface area contributed by atoms with Crippen LogP contribution in [0.2, 0.25) is 0 Å². The van der Waals surface area contributed by atoms with Gasteiger partial charge in [0.1, 0.15) is 17.3 Å². The average Bonchev–Trinajstić information content (AvgIpc) is 3.41. The van der Waals surface area contributed by atoms with Gasteiger partial charge in [0.2, 0.25) is 0 Å². The molecule has 0 unspecified atom stereocenters. The van der Waals surface area contributed by atoms with E-state index in [-0.39, 0.29) is 5.69 Å². The third-order valence-corrected chi connectivity index (χ3v) is 5.70. The van der Waals surface area contributed by atoms with Crippen molar-refractivity contribution in [1.29, 1.82) is 0 Å². The monoisotopic (exact) mass is 543 g/mol. The first-order valence-corrected chi connectivity index (χ1v) is 12.3. The SMILES string of the molecule is C=Nc1cc(OC)c(OC)cc1/C(=C\C)Oc1cnc(NC(=O)c2nn(-c3cnccn3)cc2OCC)cc1C. The molecule has 12 nitrogen and oxygen atoms in total. The molecule has 1 amide bonds. The zero-order chi connectivity index (χ0) is 28.6. The van der Waals surface area contributed by atoms with Crippen LogP contribution in [0, 0.1) is 6.92 Å². The van der Waals surface area contributed by atoms with Crippen LogP contribution >= 0.6 is 0 Å². The molecule has 4 aromatic rings. The Morgan fingerprint density at radius 1 is 1.07 bits per heavy atom. The van der Waals surface area contributed by atoms with Crippen LogP contribution in [0.25, 0.3) is 11.6 Å². The topological polar surface area (TPSA) is 135 Å². The van der Waals surface area contributed by atoms with Crippen LogP contribution in [0.5, 0.6) is 23.0 Å². The highest BCUT2D eigenvalue weighted by Gasteiger charge is 2.21. The highest BCUT2D eigenvalue weighted by atomic mass is 16.5. The summed E-state index contributed by atoms with van der Waals surface area (Å²) in [5.74, 6) is 2.62. The Hall–Kier alpha value is -5.26. The quantitative estimate of drug-likeness (QED) is 0.209. The molecule has 40 heavy (non-hydrogen) atoms. The first-order chi connectivity index (χ1) is 19.4. The van der Waals surface area contributed by atoms with E-state index >= 15 is 0 Å². The smallest absolute Gasteiger partial charge is 0.281 e. The number of aryl methyl sites for hydroxylation is 1. The van der Waals surface area contributed by atoms with Crippen molar-refractivity contribution in [3.8, 4) is 28.8 Å². The van der Waals surface area contributed by atoms with Crippen LogP contribution in [0.15, 0.2) is 60.3 Å². The fourth-order valence-corrected chi connectivity index (χ4v) is 3.78. The molecule has 12 heteroatoms. The third kappa shape index (κ3) is 5.90. The molecule has 0 radical (unpaired) electrons. The summed E-state index contributed by atoms with van der Waals surface area (Å²) in [7, 11) is 3.10. The fourth-order valence-electron chi connectivity index (χ4n) is 3.78. The predicted molar refractivity (Wildman–Crippen MR) is 150 cm³/mol. The number of allylic oxidation sites excluding steroid dienone is 1. The van der Waals surface area contributed by atoms with Crippen molar-refractivity contribution in [3.63, 3.8) is 0 Å². The molecule has 0 bridgehead atoms. The summed E-state index contributed by atoms with van der Waals surface area (Å²) in [5.41, 5.74) is 2.04. The molecule has 0 aliphatic carbocycles. The second-order valence-electron chi connectivity index (χ2n) is 8.21. The number of carbonyl (C=O) groups excluding carboxylic acids is 1. The van der Waals surface area contributed by atoms with Gasteiger partial charge in [0, 0.05) is 24.0 Å². The Labute approximate surface area is 231 Å². The largest absolute Gasteiger partial charge is 0.493 e. The number of rotatable bonds is 11. The number of hydrogen-bond acceptors (Lipinski definition) is 10. The van der Waals surface area contributed by atoms with Crippen molar-refractivity contribution < 1.29 is 23.7 Å². The maximum Gasteiger partial charge on any atom is 0.281 e. The number of anilines is 1. The summed E-state index contributed by atoms with van der Waals surface area (Å²) in [6.07, 6.45) is 9.52. The summed E-state index contributed by atoms with van der Waals surface area (Å²) in [6.45, 7) is 9.52. The lowest BCUT2D eigenvalue weighted by atomic mass is 10.1. The lowest BCUT2D eigenvalue weighted by Gasteiger charge is -2.16. The standard InChI is InChI=1S/C28H29N7O5/c1-7-20(18-12-21(37-5)22(38-6)13-19(18)29-4)40-23-14-32-25(11-17(23)3)33-28(36)27-24(39-8-2)16-35(34-27)26-15-30-9-10-31-26/h7,9-16H,4,8H2,1-3,5-6H3,(H,32,33,36)/b20-7+. The number of nitrogens with one attached hydrogen (secondary N) is 1. The molecule has 0 fully saturated rings. The molecule has 0 aliphatic rings. The molecule has 1 aromatic carbocycles. The molecular formula is C28H29N7O5. The number of nitrogens with zero attached hydrogens (tertiary/aromatic N) is 6. The molecule has 0 atom stereocenters. The van der Waals surface area contributed by atoms with Gasteiger partial charge in [-0.05, 0) is 51.3 Å². The van der Waals surface area contributed by atoms with E-state index in [0.29, 0.717) is 58.3 Å². The molecule has 4 rings (SSSR count). The van der Waals surface area contributed by atoms with E-state index in [1.54, 1.807) is 50.9 Å². The van der Waals surface area contributed by atoms with E-state index in [9.17, 15) is 4.79 Å². The van der Waals surface area contributed by atoms with Gasteiger partial charge < -0.3 is 24.3 Å². The minimum absolute atomic E-state index is 0.0846. The Morgan fingerprint density at radius 2 is 1.85 bits per heavy atom. The number of amides is 1. The van der Waals surface area contributed by atoms with E-state index < -0.39 is 5.91 Å². The Bertz CT molecular complexity index is 1550. The number of benzene rings is 1. The number of methoxy groups -OCH3 is 2. The minimum atomic E-state index is -0.493. The van der Waals surface area contributed by atoms with E-state index in [4.69, 9.17) is 18.9 Å².